The van der Waals surface area contributed by atoms with Crippen LogP contribution in [0.25, 0.3) is 0 Å². The van der Waals surface area contributed by atoms with Crippen LogP contribution in [0.1, 0.15) is 25.7 Å². The molecule has 1 aliphatic carbocycles. The van der Waals surface area contributed by atoms with Gasteiger partial charge in [0.15, 0.2) is 0 Å². The Morgan fingerprint density at radius 1 is 1.00 bits per heavy atom. The molecule has 0 saturated heterocycles. The van der Waals surface area contributed by atoms with E-state index in [0.29, 0.717) is 12.8 Å². The van der Waals surface area contributed by atoms with Gasteiger partial charge in [-0.3, -0.25) is 0 Å². The number of hydrogen-bond donors (Lipinski definition) is 0. The van der Waals surface area contributed by atoms with E-state index in [0.717, 1.165) is 6.42 Å². The summed E-state index contributed by atoms with van der Waals surface area (Å²) in [5.74, 6) is 0. The molecule has 0 aromatic carbocycles. The van der Waals surface area contributed by atoms with Gasteiger partial charge in [-0.2, -0.15) is 0 Å². The van der Waals surface area contributed by atoms with Crippen molar-refractivity contribution in [2.24, 2.45) is 0 Å². The molecular formula is C6H10F2. The Labute approximate surface area is 47.9 Å². The van der Waals surface area contributed by atoms with Gasteiger partial charge in [0.25, 0.3) is 0 Å². The third-order valence-electron chi connectivity index (χ3n) is 1.55. The molecule has 2 unspecified atom stereocenters. The second-order valence-corrected chi connectivity index (χ2v) is 2.36. The molecule has 1 fully saturated rings. The molecule has 0 aliphatic heterocycles. The highest BCUT2D eigenvalue weighted by atomic mass is 19.1. The van der Waals surface area contributed by atoms with E-state index in [-0.39, 0.29) is 6.42 Å². The van der Waals surface area contributed by atoms with Crippen molar-refractivity contribution in [3.63, 3.8) is 0 Å². The molecule has 1 saturated carbocycles. The third kappa shape index (κ3) is 1.42. The van der Waals surface area contributed by atoms with E-state index in [9.17, 15) is 8.78 Å². The summed E-state index contributed by atoms with van der Waals surface area (Å²) in [7, 11) is 0. The first kappa shape index (κ1) is 5.99. The highest BCUT2D eigenvalue weighted by Gasteiger charge is 2.19. The molecule has 0 aromatic heterocycles. The molecule has 1 aliphatic rings. The SMILES string of the molecule is FC1CCCC(F)C1. The monoisotopic (exact) mass is 120 g/mol. The zero-order chi connectivity index (χ0) is 5.98. The molecule has 0 nitrogen and oxygen atoms in total. The zero-order valence-electron chi connectivity index (χ0n) is 4.74. The van der Waals surface area contributed by atoms with Gasteiger partial charge >= 0.3 is 0 Å². The van der Waals surface area contributed by atoms with Gasteiger partial charge in [0.05, 0.1) is 0 Å². The summed E-state index contributed by atoms with van der Waals surface area (Å²) in [5.41, 5.74) is 0. The predicted octanol–water partition coefficient (Wildman–Crippen LogP) is 2.24. The van der Waals surface area contributed by atoms with Gasteiger partial charge in [-0.15, -0.1) is 0 Å². The van der Waals surface area contributed by atoms with Gasteiger partial charge < -0.3 is 0 Å². The molecule has 48 valence electrons. The van der Waals surface area contributed by atoms with Crippen molar-refractivity contribution in [1.29, 1.82) is 0 Å². The van der Waals surface area contributed by atoms with Crippen LogP contribution in [0.5, 0.6) is 0 Å². The van der Waals surface area contributed by atoms with Gasteiger partial charge in [0.2, 0.25) is 0 Å². The molecule has 8 heavy (non-hydrogen) atoms. The Balaban J connectivity index is 2.23. The van der Waals surface area contributed by atoms with E-state index in [2.05, 4.69) is 0 Å². The number of halogens is 2. The highest BCUT2D eigenvalue weighted by Crippen LogP contribution is 2.22. The van der Waals surface area contributed by atoms with Crippen LogP contribution in [-0.4, -0.2) is 12.3 Å². The number of rotatable bonds is 0. The van der Waals surface area contributed by atoms with Crippen LogP contribution < -0.4 is 0 Å². The minimum absolute atomic E-state index is 0.139. The first-order valence-electron chi connectivity index (χ1n) is 3.07. The minimum Gasteiger partial charge on any atom is -0.247 e. The minimum atomic E-state index is -0.862. The quantitative estimate of drug-likeness (QED) is 0.460. The van der Waals surface area contributed by atoms with Crippen molar-refractivity contribution in [2.45, 2.75) is 38.0 Å². The van der Waals surface area contributed by atoms with Gasteiger partial charge in [-0.05, 0) is 19.3 Å². The van der Waals surface area contributed by atoms with Crippen molar-refractivity contribution in [1.82, 2.24) is 0 Å². The Kier molecular flexibility index (Phi) is 1.81. The normalized spacial score (nSPS) is 39.8. The largest absolute Gasteiger partial charge is 0.247 e. The molecule has 0 N–H and O–H groups in total. The molecule has 2 heteroatoms. The molecule has 0 aromatic rings. The Morgan fingerprint density at radius 2 is 1.50 bits per heavy atom. The molecule has 0 heterocycles. The fourth-order valence-corrected chi connectivity index (χ4v) is 1.07. The van der Waals surface area contributed by atoms with Crippen LogP contribution in [0.4, 0.5) is 8.78 Å². The summed E-state index contributed by atoms with van der Waals surface area (Å²) in [6, 6.07) is 0. The maximum atomic E-state index is 12.2. The summed E-state index contributed by atoms with van der Waals surface area (Å²) in [6.45, 7) is 0. The Hall–Kier alpha value is -0.140. The predicted molar refractivity (Wildman–Crippen MR) is 28.3 cm³/mol. The molecule has 1 rings (SSSR count). The molecule has 0 amide bonds. The fraction of sp³-hybridized carbons (Fsp3) is 1.00. The lowest BCUT2D eigenvalue weighted by Gasteiger charge is -2.17. The van der Waals surface area contributed by atoms with Crippen LogP contribution in [0.2, 0.25) is 0 Å². The lowest BCUT2D eigenvalue weighted by molar-refractivity contribution is 0.159. The summed E-state index contributed by atoms with van der Waals surface area (Å²) in [5, 5.41) is 0. The molecule has 0 spiro atoms. The highest BCUT2D eigenvalue weighted by molar-refractivity contribution is 4.70. The van der Waals surface area contributed by atoms with Crippen molar-refractivity contribution in [3.8, 4) is 0 Å². The first-order chi connectivity index (χ1) is 3.79. The first-order valence-corrected chi connectivity index (χ1v) is 3.07. The molecule has 0 bridgehead atoms. The average Bonchev–Trinajstić information content (AvgIpc) is 1.64. The topological polar surface area (TPSA) is 0 Å². The lowest BCUT2D eigenvalue weighted by Crippen LogP contribution is -2.16. The van der Waals surface area contributed by atoms with Gasteiger partial charge in [0, 0.05) is 6.42 Å². The maximum Gasteiger partial charge on any atom is 0.103 e. The summed E-state index contributed by atoms with van der Waals surface area (Å²) in [6.07, 6.45) is 0.279. The summed E-state index contributed by atoms with van der Waals surface area (Å²) in [4.78, 5) is 0. The van der Waals surface area contributed by atoms with E-state index in [1.165, 1.54) is 0 Å². The van der Waals surface area contributed by atoms with Crippen molar-refractivity contribution < 1.29 is 8.78 Å². The van der Waals surface area contributed by atoms with Crippen molar-refractivity contribution >= 4 is 0 Å². The number of alkyl halides is 2. The van der Waals surface area contributed by atoms with Crippen molar-refractivity contribution in [3.05, 3.63) is 0 Å². The van der Waals surface area contributed by atoms with Crippen molar-refractivity contribution in [2.75, 3.05) is 0 Å². The van der Waals surface area contributed by atoms with E-state index in [4.69, 9.17) is 0 Å². The second-order valence-electron chi connectivity index (χ2n) is 2.36. The Morgan fingerprint density at radius 3 is 1.75 bits per heavy atom. The van der Waals surface area contributed by atoms with Crippen LogP contribution in [0, 0.1) is 0 Å². The molecule has 2 atom stereocenters. The summed E-state index contributed by atoms with van der Waals surface area (Å²) < 4.78 is 24.4. The van der Waals surface area contributed by atoms with Crippen LogP contribution in [0.15, 0.2) is 0 Å². The number of hydrogen-bond acceptors (Lipinski definition) is 0. The van der Waals surface area contributed by atoms with Gasteiger partial charge in [-0.25, -0.2) is 8.78 Å². The fourth-order valence-electron chi connectivity index (χ4n) is 1.07. The molecule has 0 radical (unpaired) electrons. The van der Waals surface area contributed by atoms with E-state index in [1.807, 2.05) is 0 Å². The standard InChI is InChI=1S/C6H10F2/c7-5-2-1-3-6(8)4-5/h5-6H,1-4H2. The average molecular weight is 120 g/mol. The van der Waals surface area contributed by atoms with E-state index >= 15 is 0 Å². The molecular weight excluding hydrogens is 110 g/mol. The van der Waals surface area contributed by atoms with Gasteiger partial charge in [-0.1, -0.05) is 0 Å². The van der Waals surface area contributed by atoms with Crippen LogP contribution >= 0.6 is 0 Å². The smallest absolute Gasteiger partial charge is 0.103 e. The summed E-state index contributed by atoms with van der Waals surface area (Å²) >= 11 is 0. The van der Waals surface area contributed by atoms with E-state index in [1.54, 1.807) is 0 Å². The zero-order valence-corrected chi connectivity index (χ0v) is 4.74. The van der Waals surface area contributed by atoms with E-state index < -0.39 is 12.3 Å². The van der Waals surface area contributed by atoms with Crippen LogP contribution in [0.3, 0.4) is 0 Å². The second kappa shape index (κ2) is 2.42. The Bertz CT molecular complexity index is 64.9. The van der Waals surface area contributed by atoms with Crippen LogP contribution in [-0.2, 0) is 0 Å². The maximum absolute atomic E-state index is 12.2. The van der Waals surface area contributed by atoms with Gasteiger partial charge in [0.1, 0.15) is 12.3 Å². The lowest BCUT2D eigenvalue weighted by atomic mass is 9.97. The third-order valence-corrected chi connectivity index (χ3v) is 1.55.